The van der Waals surface area contributed by atoms with Gasteiger partial charge in [0.25, 0.3) is 0 Å². The molecule has 1 atom stereocenters. The molecule has 1 aromatic rings. The van der Waals surface area contributed by atoms with Crippen molar-refractivity contribution in [1.82, 2.24) is 0 Å². The minimum atomic E-state index is -0.880. The number of hydrogen-bond acceptors (Lipinski definition) is 2. The monoisotopic (exact) mass is 584 g/mol. The van der Waals surface area contributed by atoms with E-state index in [2.05, 4.69) is 79.6 Å². The van der Waals surface area contributed by atoms with Crippen molar-refractivity contribution in [2.45, 2.75) is 13.3 Å². The van der Waals surface area contributed by atoms with E-state index in [1.54, 1.807) is 0 Å². The summed E-state index contributed by atoms with van der Waals surface area (Å²) in [5.41, 5.74) is 0.954. The molecule has 2 nitrogen and oxygen atoms in total. The van der Waals surface area contributed by atoms with E-state index in [9.17, 15) is 0 Å². The van der Waals surface area contributed by atoms with Gasteiger partial charge in [-0.2, -0.15) is 0 Å². The third-order valence-corrected chi connectivity index (χ3v) is 4.34. The molecule has 0 saturated heterocycles. The highest BCUT2D eigenvalue weighted by Gasteiger charge is 2.41. The van der Waals surface area contributed by atoms with Gasteiger partial charge in [0.1, 0.15) is 3.74 Å². The molecule has 0 aromatic heterocycles. The Morgan fingerprint density at radius 3 is 2.11 bits per heavy atom. The predicted molar refractivity (Wildman–Crippen MR) is 97.1 cm³/mol. The lowest BCUT2D eigenvalue weighted by atomic mass is 10.1. The molecule has 0 aliphatic heterocycles. The van der Waals surface area contributed by atoms with Crippen molar-refractivity contribution >= 4 is 79.6 Å². The average molecular weight is 589 g/mol. The fraction of sp³-hybridized carbons (Fsp3) is 0.500. The van der Waals surface area contributed by atoms with Crippen LogP contribution in [-0.4, -0.2) is 26.0 Å². The van der Waals surface area contributed by atoms with Crippen LogP contribution in [0, 0.1) is 0 Å². The van der Waals surface area contributed by atoms with Crippen LogP contribution in [0.4, 0.5) is 0 Å². The number of halogens is 5. The number of rotatable bonds is 8. The topological polar surface area (TPSA) is 18.5 Å². The zero-order chi connectivity index (χ0) is 14.3. The third kappa shape index (κ3) is 5.68. The molecule has 1 rings (SSSR count). The average Bonchev–Trinajstić information content (AvgIpc) is 2.39. The highest BCUT2D eigenvalue weighted by molar-refractivity contribution is 9.25. The van der Waals surface area contributed by atoms with Crippen LogP contribution in [0.25, 0.3) is 0 Å². The van der Waals surface area contributed by atoms with Gasteiger partial charge in [-0.25, -0.2) is 0 Å². The fourth-order valence-corrected chi connectivity index (χ4v) is 2.99. The molecule has 19 heavy (non-hydrogen) atoms. The van der Waals surface area contributed by atoms with Crippen molar-refractivity contribution in [3.8, 4) is 0 Å². The number of hydrogen-bond donors (Lipinski definition) is 0. The Hall–Kier alpha value is 1.54. The van der Waals surface area contributed by atoms with Crippen molar-refractivity contribution in [1.29, 1.82) is 0 Å². The van der Waals surface area contributed by atoms with Gasteiger partial charge in [0, 0.05) is 10.9 Å². The Labute approximate surface area is 155 Å². The number of benzene rings is 1. The molecule has 1 unspecified atom stereocenters. The lowest BCUT2D eigenvalue weighted by molar-refractivity contribution is -0.228. The standard InChI is InChI=1S/C12H13Br5O2/c13-6-7-18-12(11(16)17,19-8-10(14)15)9-4-2-1-3-5-9/h1-5,10-11H,6-8H2. The molecule has 0 amide bonds. The van der Waals surface area contributed by atoms with Crippen molar-refractivity contribution in [3.05, 3.63) is 35.9 Å². The van der Waals surface area contributed by atoms with E-state index in [1.807, 2.05) is 30.3 Å². The molecule has 1 aromatic carbocycles. The van der Waals surface area contributed by atoms with Crippen molar-refractivity contribution < 1.29 is 9.47 Å². The predicted octanol–water partition coefficient (Wildman–Crippen LogP) is 5.50. The first-order valence-corrected chi connectivity index (χ1v) is 10.3. The summed E-state index contributed by atoms with van der Waals surface area (Å²) in [5, 5.41) is 0.740. The van der Waals surface area contributed by atoms with Crippen molar-refractivity contribution in [2.24, 2.45) is 0 Å². The first-order chi connectivity index (χ1) is 9.03. The Kier molecular flexibility index (Phi) is 9.33. The van der Waals surface area contributed by atoms with E-state index in [-0.39, 0.29) is 7.47 Å². The molecule has 0 saturated carbocycles. The van der Waals surface area contributed by atoms with Gasteiger partial charge < -0.3 is 9.47 Å². The molecule has 0 bridgehead atoms. The zero-order valence-electron chi connectivity index (χ0n) is 9.87. The van der Waals surface area contributed by atoms with Gasteiger partial charge in [-0.15, -0.1) is 0 Å². The summed E-state index contributed by atoms with van der Waals surface area (Å²) in [6.45, 7) is 1.00. The van der Waals surface area contributed by atoms with Crippen LogP contribution in [0.3, 0.4) is 0 Å². The summed E-state index contributed by atoms with van der Waals surface area (Å²) in [4.78, 5) is 0. The molecule has 0 fully saturated rings. The summed E-state index contributed by atoms with van der Waals surface area (Å²) in [6, 6.07) is 9.87. The second-order valence-electron chi connectivity index (χ2n) is 3.57. The molecule has 0 radical (unpaired) electrons. The molecule has 7 heteroatoms. The van der Waals surface area contributed by atoms with E-state index in [4.69, 9.17) is 9.47 Å². The van der Waals surface area contributed by atoms with Crippen LogP contribution < -0.4 is 0 Å². The SMILES string of the molecule is BrCCOC(OCC(Br)Br)(c1ccccc1)C(Br)Br. The van der Waals surface area contributed by atoms with Crippen LogP contribution in [0.2, 0.25) is 0 Å². The zero-order valence-corrected chi connectivity index (χ0v) is 17.8. The maximum Gasteiger partial charge on any atom is 0.218 e. The van der Waals surface area contributed by atoms with E-state index in [0.717, 1.165) is 10.9 Å². The van der Waals surface area contributed by atoms with Gasteiger partial charge in [0.05, 0.1) is 17.0 Å². The van der Waals surface area contributed by atoms with Crippen LogP contribution in [0.15, 0.2) is 30.3 Å². The van der Waals surface area contributed by atoms with E-state index >= 15 is 0 Å². The second-order valence-corrected chi connectivity index (χ2v) is 10.9. The highest BCUT2D eigenvalue weighted by Crippen LogP contribution is 2.39. The largest absolute Gasteiger partial charge is 0.343 e. The van der Waals surface area contributed by atoms with E-state index in [0.29, 0.717) is 13.2 Å². The summed E-state index contributed by atoms with van der Waals surface area (Å²) in [5.74, 6) is -0.880. The van der Waals surface area contributed by atoms with E-state index < -0.39 is 5.79 Å². The lowest BCUT2D eigenvalue weighted by Crippen LogP contribution is -2.40. The minimum Gasteiger partial charge on any atom is -0.343 e. The van der Waals surface area contributed by atoms with Gasteiger partial charge in [0.2, 0.25) is 5.79 Å². The van der Waals surface area contributed by atoms with Gasteiger partial charge in [-0.05, 0) is 0 Å². The third-order valence-electron chi connectivity index (χ3n) is 2.28. The molecule has 0 aliphatic carbocycles. The molecule has 0 N–H and O–H groups in total. The fourth-order valence-electron chi connectivity index (χ4n) is 1.51. The smallest absolute Gasteiger partial charge is 0.218 e. The Balaban J connectivity index is 3.04. The van der Waals surface area contributed by atoms with Crippen LogP contribution in [0.5, 0.6) is 0 Å². The molecular weight excluding hydrogens is 576 g/mol. The first-order valence-electron chi connectivity index (χ1n) is 5.48. The first kappa shape index (κ1) is 18.6. The lowest BCUT2D eigenvalue weighted by Gasteiger charge is -2.36. The van der Waals surface area contributed by atoms with Gasteiger partial charge >= 0.3 is 0 Å². The maximum atomic E-state index is 6.01. The van der Waals surface area contributed by atoms with Gasteiger partial charge in [0.15, 0.2) is 0 Å². The summed E-state index contributed by atoms with van der Waals surface area (Å²) in [7, 11) is 0. The van der Waals surface area contributed by atoms with Gasteiger partial charge in [-0.3, -0.25) is 0 Å². The van der Waals surface area contributed by atoms with Crippen LogP contribution >= 0.6 is 79.6 Å². The quantitative estimate of drug-likeness (QED) is 0.295. The highest BCUT2D eigenvalue weighted by atomic mass is 79.9. The Morgan fingerprint density at radius 2 is 1.63 bits per heavy atom. The Bertz CT molecular complexity index is 360. The summed E-state index contributed by atoms with van der Waals surface area (Å²) >= 11 is 17.3. The number of alkyl halides is 5. The minimum absolute atomic E-state index is 0.0643. The molecule has 0 spiro atoms. The summed E-state index contributed by atoms with van der Waals surface area (Å²) in [6.07, 6.45) is 0. The second kappa shape index (κ2) is 9.54. The number of ether oxygens (including phenoxy) is 2. The van der Waals surface area contributed by atoms with Crippen molar-refractivity contribution in [3.63, 3.8) is 0 Å². The van der Waals surface area contributed by atoms with Crippen LogP contribution in [0.1, 0.15) is 5.56 Å². The maximum absolute atomic E-state index is 6.01. The van der Waals surface area contributed by atoms with Crippen LogP contribution in [-0.2, 0) is 15.3 Å². The molecular formula is C12H13Br5O2. The molecule has 108 valence electrons. The van der Waals surface area contributed by atoms with Crippen molar-refractivity contribution in [2.75, 3.05) is 18.5 Å². The molecule has 0 heterocycles. The van der Waals surface area contributed by atoms with Gasteiger partial charge in [-0.1, -0.05) is 110 Å². The Morgan fingerprint density at radius 1 is 1.00 bits per heavy atom. The molecule has 0 aliphatic rings. The summed E-state index contributed by atoms with van der Waals surface area (Å²) < 4.78 is 11.9. The normalized spacial score (nSPS) is 14.9. The van der Waals surface area contributed by atoms with E-state index in [1.165, 1.54) is 0 Å².